The third kappa shape index (κ3) is 4.64. The second-order valence-corrected chi connectivity index (χ2v) is 7.32. The van der Waals surface area contributed by atoms with Crippen molar-refractivity contribution < 1.29 is 4.79 Å². The molecular formula is C16H18N6OS2. The van der Waals surface area contributed by atoms with Gasteiger partial charge in [0.15, 0.2) is 5.16 Å². The molecule has 1 aromatic carbocycles. The van der Waals surface area contributed by atoms with Crippen LogP contribution < -0.4 is 5.32 Å². The monoisotopic (exact) mass is 374 g/mol. The van der Waals surface area contributed by atoms with Gasteiger partial charge in [-0.05, 0) is 12.0 Å². The Labute approximate surface area is 153 Å². The molecular weight excluding hydrogens is 356 g/mol. The Bertz CT molecular complexity index is 845. The first-order chi connectivity index (χ1) is 12.2. The molecule has 25 heavy (non-hydrogen) atoms. The van der Waals surface area contributed by atoms with E-state index in [1.807, 2.05) is 36.7 Å². The minimum atomic E-state index is -0.128. The highest BCUT2D eigenvalue weighted by atomic mass is 32.2. The zero-order valence-corrected chi connectivity index (χ0v) is 15.6. The van der Waals surface area contributed by atoms with Gasteiger partial charge in [-0.2, -0.15) is 0 Å². The first-order valence-corrected chi connectivity index (χ1v) is 9.63. The van der Waals surface area contributed by atoms with Gasteiger partial charge in [-0.15, -0.1) is 20.4 Å². The fraction of sp³-hybridized carbons (Fsp3) is 0.312. The minimum absolute atomic E-state index is 0.128. The summed E-state index contributed by atoms with van der Waals surface area (Å²) in [6.45, 7) is 2.00. The molecule has 1 amide bonds. The number of aryl methyl sites for hydroxylation is 1. The van der Waals surface area contributed by atoms with Crippen molar-refractivity contribution >= 4 is 34.1 Å². The van der Waals surface area contributed by atoms with Gasteiger partial charge in [0.05, 0.1) is 5.75 Å². The highest BCUT2D eigenvalue weighted by Crippen LogP contribution is 2.19. The van der Waals surface area contributed by atoms with Crippen LogP contribution in [-0.2, 0) is 24.7 Å². The molecule has 0 saturated heterocycles. The summed E-state index contributed by atoms with van der Waals surface area (Å²) in [6.07, 6.45) is 1.52. The zero-order chi connectivity index (χ0) is 17.6. The van der Waals surface area contributed by atoms with Gasteiger partial charge in [-0.3, -0.25) is 10.1 Å². The first-order valence-electron chi connectivity index (χ1n) is 7.83. The normalized spacial score (nSPS) is 10.8. The summed E-state index contributed by atoms with van der Waals surface area (Å²) < 4.78 is 1.92. The number of nitrogens with zero attached hydrogens (tertiary/aromatic N) is 5. The van der Waals surface area contributed by atoms with E-state index in [2.05, 4.69) is 37.8 Å². The van der Waals surface area contributed by atoms with Crippen LogP contribution in [-0.4, -0.2) is 36.6 Å². The Morgan fingerprint density at radius 2 is 2.00 bits per heavy atom. The fourth-order valence-corrected chi connectivity index (χ4v) is 3.56. The summed E-state index contributed by atoms with van der Waals surface area (Å²) in [5.74, 6) is 0.987. The van der Waals surface area contributed by atoms with Gasteiger partial charge in [0.1, 0.15) is 10.8 Å². The summed E-state index contributed by atoms with van der Waals surface area (Å²) in [5.41, 5.74) is 1.18. The van der Waals surface area contributed by atoms with Crippen LogP contribution in [0.2, 0.25) is 0 Å². The molecule has 0 spiro atoms. The fourth-order valence-electron chi connectivity index (χ4n) is 2.14. The van der Waals surface area contributed by atoms with Gasteiger partial charge in [0.2, 0.25) is 11.0 Å². The van der Waals surface area contributed by atoms with Crippen molar-refractivity contribution in [3.8, 4) is 0 Å². The van der Waals surface area contributed by atoms with Crippen molar-refractivity contribution in [1.82, 2.24) is 25.0 Å². The Hall–Kier alpha value is -2.26. The zero-order valence-electron chi connectivity index (χ0n) is 14.0. The first kappa shape index (κ1) is 17.6. The molecule has 9 heteroatoms. The van der Waals surface area contributed by atoms with Gasteiger partial charge in [-0.25, -0.2) is 0 Å². The number of thioether (sulfide) groups is 1. The van der Waals surface area contributed by atoms with E-state index in [-0.39, 0.29) is 11.7 Å². The lowest BCUT2D eigenvalue weighted by Crippen LogP contribution is -2.14. The molecule has 0 aliphatic heterocycles. The summed E-state index contributed by atoms with van der Waals surface area (Å²) in [5, 5.41) is 21.2. The Balaban J connectivity index is 1.55. The largest absolute Gasteiger partial charge is 0.309 e. The number of hydrogen-bond acceptors (Lipinski definition) is 7. The summed E-state index contributed by atoms with van der Waals surface area (Å²) >= 11 is 2.75. The van der Waals surface area contributed by atoms with Crippen LogP contribution in [0.15, 0.2) is 35.5 Å². The molecule has 0 fully saturated rings. The number of amides is 1. The molecule has 0 unspecified atom stereocenters. The Morgan fingerprint density at radius 3 is 2.72 bits per heavy atom. The standard InChI is InChI=1S/C16H18N6OS2/c1-3-14-19-20-15(25-14)17-13(23)10-24-16-21-18-12(22(16)2)9-11-7-5-4-6-8-11/h4-8H,3,9-10H2,1-2H3,(H,17,20,23). The van der Waals surface area contributed by atoms with Crippen LogP contribution in [0.1, 0.15) is 23.3 Å². The van der Waals surface area contributed by atoms with Crippen LogP contribution in [0.25, 0.3) is 0 Å². The maximum absolute atomic E-state index is 12.0. The van der Waals surface area contributed by atoms with Crippen LogP contribution in [0, 0.1) is 0 Å². The van der Waals surface area contributed by atoms with Gasteiger partial charge >= 0.3 is 0 Å². The van der Waals surface area contributed by atoms with E-state index in [4.69, 9.17) is 0 Å². The third-order valence-electron chi connectivity index (χ3n) is 3.48. The SMILES string of the molecule is CCc1nnc(NC(=O)CSc2nnc(Cc3ccccc3)n2C)s1. The second kappa shape index (κ2) is 8.21. The van der Waals surface area contributed by atoms with Gasteiger partial charge in [0, 0.05) is 13.5 Å². The number of benzene rings is 1. The quantitative estimate of drug-likeness (QED) is 0.640. The molecule has 0 aliphatic rings. The second-order valence-electron chi connectivity index (χ2n) is 5.31. The number of aromatic nitrogens is 5. The van der Waals surface area contributed by atoms with Crippen LogP contribution in [0.3, 0.4) is 0 Å². The molecule has 3 aromatic rings. The van der Waals surface area contributed by atoms with Crippen molar-refractivity contribution in [2.75, 3.05) is 11.1 Å². The van der Waals surface area contributed by atoms with E-state index >= 15 is 0 Å². The van der Waals surface area contributed by atoms with E-state index in [0.29, 0.717) is 16.7 Å². The van der Waals surface area contributed by atoms with Gasteiger partial charge in [-0.1, -0.05) is 60.4 Å². The number of carbonyl (C=O) groups excluding carboxylic acids is 1. The summed E-state index contributed by atoms with van der Waals surface area (Å²) in [4.78, 5) is 12.0. The predicted molar refractivity (Wildman–Crippen MR) is 98.9 cm³/mol. The highest BCUT2D eigenvalue weighted by molar-refractivity contribution is 7.99. The number of anilines is 1. The molecule has 0 aliphatic carbocycles. The molecule has 2 heterocycles. The number of hydrogen-bond donors (Lipinski definition) is 1. The maximum Gasteiger partial charge on any atom is 0.236 e. The minimum Gasteiger partial charge on any atom is -0.309 e. The summed E-state index contributed by atoms with van der Waals surface area (Å²) in [6, 6.07) is 10.1. The van der Waals surface area contributed by atoms with E-state index in [1.165, 1.54) is 28.7 Å². The Kier molecular flexibility index (Phi) is 5.77. The molecule has 0 atom stereocenters. The molecule has 0 bridgehead atoms. The van der Waals surface area contributed by atoms with Crippen LogP contribution >= 0.6 is 23.1 Å². The third-order valence-corrected chi connectivity index (χ3v) is 5.48. The average molecular weight is 374 g/mol. The van der Waals surface area contributed by atoms with Crippen molar-refractivity contribution in [3.05, 3.63) is 46.7 Å². The lowest BCUT2D eigenvalue weighted by atomic mass is 10.1. The molecule has 130 valence electrons. The molecule has 1 N–H and O–H groups in total. The molecule has 2 aromatic heterocycles. The number of rotatable bonds is 7. The number of carbonyl (C=O) groups is 1. The summed E-state index contributed by atoms with van der Waals surface area (Å²) in [7, 11) is 1.91. The molecule has 0 radical (unpaired) electrons. The van der Waals surface area contributed by atoms with Crippen molar-refractivity contribution in [2.24, 2.45) is 7.05 Å². The highest BCUT2D eigenvalue weighted by Gasteiger charge is 2.13. The van der Waals surface area contributed by atoms with E-state index < -0.39 is 0 Å². The van der Waals surface area contributed by atoms with Gasteiger partial charge in [0.25, 0.3) is 0 Å². The smallest absolute Gasteiger partial charge is 0.236 e. The lowest BCUT2D eigenvalue weighted by molar-refractivity contribution is -0.113. The van der Waals surface area contributed by atoms with E-state index in [9.17, 15) is 4.79 Å². The maximum atomic E-state index is 12.0. The predicted octanol–water partition coefficient (Wildman–Crippen LogP) is 2.55. The van der Waals surface area contributed by atoms with Gasteiger partial charge < -0.3 is 4.57 Å². The van der Waals surface area contributed by atoms with E-state index in [0.717, 1.165) is 17.3 Å². The Morgan fingerprint density at radius 1 is 1.20 bits per heavy atom. The topological polar surface area (TPSA) is 85.6 Å². The average Bonchev–Trinajstić information content (AvgIpc) is 3.21. The molecule has 3 rings (SSSR count). The van der Waals surface area contributed by atoms with Crippen LogP contribution in [0.5, 0.6) is 0 Å². The number of nitrogens with one attached hydrogen (secondary N) is 1. The van der Waals surface area contributed by atoms with Crippen molar-refractivity contribution in [3.63, 3.8) is 0 Å². The molecule has 7 nitrogen and oxygen atoms in total. The van der Waals surface area contributed by atoms with Crippen molar-refractivity contribution in [2.45, 2.75) is 24.9 Å². The van der Waals surface area contributed by atoms with Crippen LogP contribution in [0.4, 0.5) is 5.13 Å². The molecule has 0 saturated carbocycles. The van der Waals surface area contributed by atoms with Crippen molar-refractivity contribution in [1.29, 1.82) is 0 Å². The van der Waals surface area contributed by atoms with E-state index in [1.54, 1.807) is 0 Å². The lowest BCUT2D eigenvalue weighted by Gasteiger charge is -2.04.